The molecule has 0 heterocycles. The molecule has 2 rings (SSSR count). The highest BCUT2D eigenvalue weighted by atomic mass is 14.9. The van der Waals surface area contributed by atoms with Crippen LogP contribution in [-0.2, 0) is 12.8 Å². The van der Waals surface area contributed by atoms with Gasteiger partial charge in [0.05, 0.1) is 6.04 Å². The molecule has 2 aromatic rings. The Morgan fingerprint density at radius 2 is 1.10 bits per heavy atom. The molecule has 1 heteroatoms. The Labute approximate surface area is 123 Å². The monoisotopic (exact) mass is 267 g/mol. The third kappa shape index (κ3) is 3.49. The summed E-state index contributed by atoms with van der Waals surface area (Å²) in [6.07, 6.45) is 2.19. The lowest BCUT2D eigenvalue weighted by atomic mass is 9.96. The summed E-state index contributed by atoms with van der Waals surface area (Å²) in [7, 11) is 0. The maximum atomic E-state index is 3.59. The van der Waals surface area contributed by atoms with E-state index in [1.807, 2.05) is 0 Å². The average molecular weight is 267 g/mol. The molecule has 0 aromatic heterocycles. The van der Waals surface area contributed by atoms with E-state index in [9.17, 15) is 0 Å². The number of hydrogen-bond acceptors (Lipinski definition) is 1. The predicted molar refractivity (Wildman–Crippen MR) is 87.2 cm³/mol. The van der Waals surface area contributed by atoms with Crippen LogP contribution in [0.1, 0.15) is 49.1 Å². The summed E-state index contributed by atoms with van der Waals surface area (Å²) in [5, 5.41) is 3.59. The van der Waals surface area contributed by atoms with E-state index in [0.29, 0.717) is 0 Å². The summed E-state index contributed by atoms with van der Waals surface area (Å²) in [6.45, 7) is 7.52. The SMILES string of the molecule is CCNC(c1ccc(CC)cc1)c1ccc(CC)cc1. The maximum Gasteiger partial charge on any atom is 0.0576 e. The van der Waals surface area contributed by atoms with Crippen molar-refractivity contribution in [2.75, 3.05) is 6.54 Å². The largest absolute Gasteiger partial charge is 0.307 e. The molecule has 20 heavy (non-hydrogen) atoms. The lowest BCUT2D eigenvalue weighted by Crippen LogP contribution is -2.21. The van der Waals surface area contributed by atoms with Crippen molar-refractivity contribution in [3.63, 3.8) is 0 Å². The van der Waals surface area contributed by atoms with Gasteiger partial charge >= 0.3 is 0 Å². The van der Waals surface area contributed by atoms with Crippen LogP contribution in [0.4, 0.5) is 0 Å². The van der Waals surface area contributed by atoms with Crippen molar-refractivity contribution in [2.45, 2.75) is 39.7 Å². The minimum atomic E-state index is 0.289. The Balaban J connectivity index is 2.28. The van der Waals surface area contributed by atoms with Crippen molar-refractivity contribution >= 4 is 0 Å². The van der Waals surface area contributed by atoms with E-state index in [1.165, 1.54) is 22.3 Å². The minimum Gasteiger partial charge on any atom is -0.307 e. The first-order valence-electron chi connectivity index (χ1n) is 7.69. The molecule has 0 fully saturated rings. The summed E-state index contributed by atoms with van der Waals surface area (Å²) in [6, 6.07) is 18.2. The molecule has 0 bridgehead atoms. The van der Waals surface area contributed by atoms with E-state index < -0.39 is 0 Å². The molecule has 1 N–H and O–H groups in total. The number of aryl methyl sites for hydroxylation is 2. The fourth-order valence-corrected chi connectivity index (χ4v) is 2.52. The van der Waals surface area contributed by atoms with E-state index in [1.54, 1.807) is 0 Å². The molecule has 0 saturated carbocycles. The molecule has 0 aliphatic rings. The topological polar surface area (TPSA) is 12.0 Å². The van der Waals surface area contributed by atoms with E-state index in [0.717, 1.165) is 19.4 Å². The van der Waals surface area contributed by atoms with Crippen molar-refractivity contribution in [1.29, 1.82) is 0 Å². The molecule has 0 aliphatic heterocycles. The summed E-state index contributed by atoms with van der Waals surface area (Å²) >= 11 is 0. The number of rotatable bonds is 6. The quantitative estimate of drug-likeness (QED) is 0.812. The smallest absolute Gasteiger partial charge is 0.0576 e. The van der Waals surface area contributed by atoms with Gasteiger partial charge in [-0.3, -0.25) is 0 Å². The van der Waals surface area contributed by atoms with Gasteiger partial charge in [0.2, 0.25) is 0 Å². The van der Waals surface area contributed by atoms with Gasteiger partial charge in [-0.1, -0.05) is 69.3 Å². The third-order valence-electron chi connectivity index (χ3n) is 3.85. The molecule has 0 radical (unpaired) electrons. The van der Waals surface area contributed by atoms with Gasteiger partial charge in [0, 0.05) is 0 Å². The lowest BCUT2D eigenvalue weighted by Gasteiger charge is -2.19. The van der Waals surface area contributed by atoms with Crippen LogP contribution in [-0.4, -0.2) is 6.54 Å². The number of nitrogens with one attached hydrogen (secondary N) is 1. The second-order valence-corrected chi connectivity index (χ2v) is 5.18. The highest BCUT2D eigenvalue weighted by molar-refractivity contribution is 5.35. The maximum absolute atomic E-state index is 3.59. The molecule has 0 amide bonds. The molecule has 106 valence electrons. The molecule has 2 aromatic carbocycles. The minimum absolute atomic E-state index is 0.289. The zero-order valence-electron chi connectivity index (χ0n) is 12.8. The average Bonchev–Trinajstić information content (AvgIpc) is 2.53. The van der Waals surface area contributed by atoms with Crippen LogP contribution in [0.3, 0.4) is 0 Å². The van der Waals surface area contributed by atoms with Gasteiger partial charge in [-0.25, -0.2) is 0 Å². The van der Waals surface area contributed by atoms with Crippen LogP contribution < -0.4 is 5.32 Å². The Bertz CT molecular complexity index is 463. The second kappa shape index (κ2) is 7.25. The van der Waals surface area contributed by atoms with Crippen LogP contribution >= 0.6 is 0 Å². The second-order valence-electron chi connectivity index (χ2n) is 5.18. The molecular weight excluding hydrogens is 242 g/mol. The Morgan fingerprint density at radius 1 is 0.700 bits per heavy atom. The summed E-state index contributed by atoms with van der Waals surface area (Å²) in [5.74, 6) is 0. The van der Waals surface area contributed by atoms with Crippen molar-refractivity contribution in [2.24, 2.45) is 0 Å². The fourth-order valence-electron chi connectivity index (χ4n) is 2.52. The van der Waals surface area contributed by atoms with Crippen LogP contribution in [0.5, 0.6) is 0 Å². The molecule has 0 aliphatic carbocycles. The summed E-state index contributed by atoms with van der Waals surface area (Å²) in [5.41, 5.74) is 5.47. The zero-order valence-corrected chi connectivity index (χ0v) is 12.8. The van der Waals surface area contributed by atoms with Gasteiger partial charge in [0.1, 0.15) is 0 Å². The third-order valence-corrected chi connectivity index (χ3v) is 3.85. The Kier molecular flexibility index (Phi) is 5.37. The van der Waals surface area contributed by atoms with Crippen molar-refractivity contribution < 1.29 is 0 Å². The van der Waals surface area contributed by atoms with Gasteiger partial charge in [-0.05, 0) is 41.6 Å². The van der Waals surface area contributed by atoms with E-state index in [2.05, 4.69) is 74.6 Å². The Hall–Kier alpha value is -1.60. The Morgan fingerprint density at radius 3 is 1.40 bits per heavy atom. The van der Waals surface area contributed by atoms with Crippen LogP contribution in [0, 0.1) is 0 Å². The first kappa shape index (κ1) is 14.8. The van der Waals surface area contributed by atoms with Gasteiger partial charge in [-0.15, -0.1) is 0 Å². The van der Waals surface area contributed by atoms with Gasteiger partial charge < -0.3 is 5.32 Å². The van der Waals surface area contributed by atoms with Crippen LogP contribution in [0.25, 0.3) is 0 Å². The lowest BCUT2D eigenvalue weighted by molar-refractivity contribution is 0.630. The molecule has 0 saturated heterocycles. The van der Waals surface area contributed by atoms with Crippen LogP contribution in [0.2, 0.25) is 0 Å². The molecular formula is C19H25N. The number of benzene rings is 2. The van der Waals surface area contributed by atoms with E-state index in [-0.39, 0.29) is 6.04 Å². The van der Waals surface area contributed by atoms with Crippen LogP contribution in [0.15, 0.2) is 48.5 Å². The molecule has 0 unspecified atom stereocenters. The molecule has 0 spiro atoms. The van der Waals surface area contributed by atoms with E-state index >= 15 is 0 Å². The normalized spacial score (nSPS) is 11.0. The molecule has 0 atom stereocenters. The van der Waals surface area contributed by atoms with Crippen molar-refractivity contribution in [3.05, 3.63) is 70.8 Å². The van der Waals surface area contributed by atoms with Gasteiger partial charge in [0.15, 0.2) is 0 Å². The van der Waals surface area contributed by atoms with E-state index in [4.69, 9.17) is 0 Å². The first-order valence-corrected chi connectivity index (χ1v) is 7.69. The highest BCUT2D eigenvalue weighted by Crippen LogP contribution is 2.23. The number of hydrogen-bond donors (Lipinski definition) is 1. The predicted octanol–water partition coefficient (Wildman–Crippen LogP) is 4.51. The first-order chi connectivity index (χ1) is 9.78. The fraction of sp³-hybridized carbons (Fsp3) is 0.368. The summed E-state index contributed by atoms with van der Waals surface area (Å²) < 4.78 is 0. The van der Waals surface area contributed by atoms with Gasteiger partial charge in [0.25, 0.3) is 0 Å². The summed E-state index contributed by atoms with van der Waals surface area (Å²) in [4.78, 5) is 0. The van der Waals surface area contributed by atoms with Crippen molar-refractivity contribution in [3.8, 4) is 0 Å². The van der Waals surface area contributed by atoms with Crippen molar-refractivity contribution in [1.82, 2.24) is 5.32 Å². The highest BCUT2D eigenvalue weighted by Gasteiger charge is 2.12. The van der Waals surface area contributed by atoms with Gasteiger partial charge in [-0.2, -0.15) is 0 Å². The standard InChI is InChI=1S/C19H25N/c1-4-15-7-11-17(12-8-15)19(20-6-3)18-13-9-16(5-2)10-14-18/h7-14,19-20H,4-6H2,1-3H3. The molecule has 1 nitrogen and oxygen atoms in total. The zero-order chi connectivity index (χ0) is 14.4.